The Balaban J connectivity index is 1.75. The molecule has 4 aromatic rings. The molecule has 7 heteroatoms. The zero-order chi connectivity index (χ0) is 20.5. The number of aryl methyl sites for hydroxylation is 2. The molecule has 0 aliphatic rings. The number of nitrogens with one attached hydrogen (secondary N) is 1. The van der Waals surface area contributed by atoms with E-state index in [4.69, 9.17) is 5.11 Å². The largest absolute Gasteiger partial charge is 0.478 e. The van der Waals surface area contributed by atoms with Gasteiger partial charge in [-0.1, -0.05) is 18.2 Å². The number of H-pyrrole nitrogens is 1. The van der Waals surface area contributed by atoms with E-state index < -0.39 is 5.97 Å². The molecule has 0 saturated carbocycles. The molecule has 0 atom stereocenters. The fraction of sp³-hybridized carbons (Fsp3) is 0.0909. The topological polar surface area (TPSA) is 101 Å². The first kappa shape index (κ1) is 18.4. The number of hydrogen-bond acceptors (Lipinski definition) is 4. The summed E-state index contributed by atoms with van der Waals surface area (Å²) in [5.41, 5.74) is 4.88. The van der Waals surface area contributed by atoms with Crippen LogP contribution in [0.4, 0.5) is 0 Å². The van der Waals surface area contributed by atoms with Gasteiger partial charge in [-0.25, -0.2) is 9.78 Å². The number of rotatable bonds is 5. The lowest BCUT2D eigenvalue weighted by atomic mass is 10.0. The van der Waals surface area contributed by atoms with E-state index >= 15 is 0 Å². The number of nitrogens with zero attached hydrogens (tertiary/aromatic N) is 3. The molecule has 0 fully saturated rings. The van der Waals surface area contributed by atoms with Gasteiger partial charge < -0.3 is 10.1 Å². The highest BCUT2D eigenvalue weighted by Gasteiger charge is 2.18. The van der Waals surface area contributed by atoms with Crippen LogP contribution < -0.4 is 0 Å². The van der Waals surface area contributed by atoms with E-state index in [2.05, 4.69) is 15.1 Å². The van der Waals surface area contributed by atoms with Crippen molar-refractivity contribution < 1.29 is 14.7 Å². The molecule has 7 nitrogen and oxygen atoms in total. The van der Waals surface area contributed by atoms with Crippen molar-refractivity contribution in [1.82, 2.24) is 19.7 Å². The standard InChI is InChI=1S/C22H18N4O3/c1-13-8-19(25-26(13)2)21(29)18-12-24-22-17(18)10-16(11-23-22)15-5-3-4-14(9-15)6-7-20(27)28/h3-12H,1-2H3,(H,23,24)(H,27,28). The zero-order valence-electron chi connectivity index (χ0n) is 15.9. The Morgan fingerprint density at radius 3 is 2.72 bits per heavy atom. The maximum absolute atomic E-state index is 12.9. The molecule has 3 heterocycles. The van der Waals surface area contributed by atoms with Crippen LogP contribution in [-0.2, 0) is 11.8 Å². The summed E-state index contributed by atoms with van der Waals surface area (Å²) >= 11 is 0. The van der Waals surface area contributed by atoms with E-state index in [0.717, 1.165) is 28.5 Å². The Hall–Kier alpha value is -4.00. The number of benzene rings is 1. The lowest BCUT2D eigenvalue weighted by Gasteiger charge is -2.04. The highest BCUT2D eigenvalue weighted by molar-refractivity contribution is 6.15. The van der Waals surface area contributed by atoms with Gasteiger partial charge in [0.15, 0.2) is 0 Å². The van der Waals surface area contributed by atoms with Gasteiger partial charge in [0.25, 0.3) is 0 Å². The molecule has 0 radical (unpaired) electrons. The van der Waals surface area contributed by atoms with Crippen LogP contribution in [0.2, 0.25) is 0 Å². The number of carbonyl (C=O) groups is 2. The Bertz CT molecular complexity index is 1260. The highest BCUT2D eigenvalue weighted by Crippen LogP contribution is 2.27. The van der Waals surface area contributed by atoms with Crippen LogP contribution >= 0.6 is 0 Å². The van der Waals surface area contributed by atoms with Gasteiger partial charge in [0.2, 0.25) is 5.78 Å². The average molecular weight is 386 g/mol. The number of aromatic amines is 1. The van der Waals surface area contributed by atoms with E-state index in [-0.39, 0.29) is 5.78 Å². The van der Waals surface area contributed by atoms with Crippen molar-refractivity contribution in [2.45, 2.75) is 6.92 Å². The van der Waals surface area contributed by atoms with Crippen molar-refractivity contribution in [3.63, 3.8) is 0 Å². The van der Waals surface area contributed by atoms with Gasteiger partial charge in [0, 0.05) is 42.2 Å². The lowest BCUT2D eigenvalue weighted by molar-refractivity contribution is -0.131. The van der Waals surface area contributed by atoms with Crippen molar-refractivity contribution in [3.8, 4) is 11.1 Å². The van der Waals surface area contributed by atoms with Crippen LogP contribution in [-0.4, -0.2) is 36.6 Å². The van der Waals surface area contributed by atoms with E-state index in [1.54, 1.807) is 30.2 Å². The summed E-state index contributed by atoms with van der Waals surface area (Å²) in [4.78, 5) is 31.2. The number of carboxylic acids is 1. The maximum atomic E-state index is 12.9. The van der Waals surface area contributed by atoms with Gasteiger partial charge in [-0.05, 0) is 42.3 Å². The first-order valence-corrected chi connectivity index (χ1v) is 8.96. The Morgan fingerprint density at radius 2 is 2.00 bits per heavy atom. The second-order valence-corrected chi connectivity index (χ2v) is 6.74. The van der Waals surface area contributed by atoms with Crippen molar-refractivity contribution >= 4 is 28.9 Å². The van der Waals surface area contributed by atoms with Crippen molar-refractivity contribution in [2.24, 2.45) is 7.05 Å². The van der Waals surface area contributed by atoms with Crippen LogP contribution in [0, 0.1) is 6.92 Å². The smallest absolute Gasteiger partial charge is 0.328 e. The molecule has 0 aliphatic carbocycles. The number of aromatic nitrogens is 4. The molecule has 3 aromatic heterocycles. The van der Waals surface area contributed by atoms with Crippen molar-refractivity contribution in [3.05, 3.63) is 77.4 Å². The van der Waals surface area contributed by atoms with E-state index in [9.17, 15) is 9.59 Å². The molecule has 0 aliphatic heterocycles. The number of aliphatic carboxylic acids is 1. The lowest BCUT2D eigenvalue weighted by Crippen LogP contribution is -2.03. The number of carboxylic acid groups (broad SMARTS) is 1. The second-order valence-electron chi connectivity index (χ2n) is 6.74. The molecule has 0 bridgehead atoms. The van der Waals surface area contributed by atoms with Gasteiger partial charge in [-0.2, -0.15) is 5.10 Å². The number of pyridine rings is 1. The Morgan fingerprint density at radius 1 is 1.17 bits per heavy atom. The number of hydrogen-bond donors (Lipinski definition) is 2. The summed E-state index contributed by atoms with van der Waals surface area (Å²) in [7, 11) is 1.80. The predicted octanol–water partition coefficient (Wildman–Crippen LogP) is 3.60. The van der Waals surface area contributed by atoms with Crippen molar-refractivity contribution in [1.29, 1.82) is 0 Å². The van der Waals surface area contributed by atoms with Crippen LogP contribution in [0.3, 0.4) is 0 Å². The number of ketones is 1. The molecule has 1 aromatic carbocycles. The molecule has 144 valence electrons. The van der Waals surface area contributed by atoms with Gasteiger partial charge >= 0.3 is 5.97 Å². The summed E-state index contributed by atoms with van der Waals surface area (Å²) in [6.45, 7) is 1.89. The quantitative estimate of drug-likeness (QED) is 0.403. The van der Waals surface area contributed by atoms with Crippen LogP contribution in [0.25, 0.3) is 28.2 Å². The summed E-state index contributed by atoms with van der Waals surface area (Å²) in [6, 6.07) is 11.1. The monoisotopic (exact) mass is 386 g/mol. The second kappa shape index (κ2) is 7.20. The molecule has 0 unspecified atom stereocenters. The van der Waals surface area contributed by atoms with Crippen LogP contribution in [0.1, 0.15) is 27.3 Å². The summed E-state index contributed by atoms with van der Waals surface area (Å²) < 4.78 is 1.67. The van der Waals surface area contributed by atoms with E-state index in [1.165, 1.54) is 6.08 Å². The zero-order valence-corrected chi connectivity index (χ0v) is 15.9. The van der Waals surface area contributed by atoms with Crippen LogP contribution in [0.15, 0.2) is 54.9 Å². The Kier molecular flexibility index (Phi) is 4.56. The minimum absolute atomic E-state index is 0.169. The Labute approximate surface area is 166 Å². The predicted molar refractivity (Wildman–Crippen MR) is 110 cm³/mol. The normalized spacial score (nSPS) is 11.4. The van der Waals surface area contributed by atoms with E-state index in [0.29, 0.717) is 22.3 Å². The first-order chi connectivity index (χ1) is 13.9. The fourth-order valence-corrected chi connectivity index (χ4v) is 3.15. The highest BCUT2D eigenvalue weighted by atomic mass is 16.4. The fourth-order valence-electron chi connectivity index (χ4n) is 3.15. The molecule has 0 amide bonds. The number of fused-ring (bicyclic) bond motifs is 1. The summed E-state index contributed by atoms with van der Waals surface area (Å²) in [5, 5.41) is 13.8. The third-order valence-corrected chi connectivity index (χ3v) is 4.76. The first-order valence-electron chi connectivity index (χ1n) is 8.96. The van der Waals surface area contributed by atoms with E-state index in [1.807, 2.05) is 37.3 Å². The number of carbonyl (C=O) groups excluding carboxylic acids is 1. The summed E-state index contributed by atoms with van der Waals surface area (Å²) in [5.74, 6) is -1.17. The molecule has 29 heavy (non-hydrogen) atoms. The molecule has 0 spiro atoms. The van der Waals surface area contributed by atoms with Gasteiger partial charge in [-0.15, -0.1) is 0 Å². The molecule has 4 rings (SSSR count). The molecular weight excluding hydrogens is 368 g/mol. The third kappa shape index (κ3) is 3.58. The van der Waals surface area contributed by atoms with Crippen molar-refractivity contribution in [2.75, 3.05) is 0 Å². The average Bonchev–Trinajstić information content (AvgIpc) is 3.29. The van der Waals surface area contributed by atoms with Crippen LogP contribution in [0.5, 0.6) is 0 Å². The van der Waals surface area contributed by atoms with Gasteiger partial charge in [-0.3, -0.25) is 9.48 Å². The summed E-state index contributed by atoms with van der Waals surface area (Å²) in [6.07, 6.45) is 6.00. The SMILES string of the molecule is Cc1cc(C(=O)c2c[nH]c3ncc(-c4cccc(C=CC(=O)O)c4)cc23)nn1C. The molecule has 0 saturated heterocycles. The minimum Gasteiger partial charge on any atom is -0.478 e. The maximum Gasteiger partial charge on any atom is 0.328 e. The van der Waals surface area contributed by atoms with Gasteiger partial charge in [0.1, 0.15) is 11.3 Å². The third-order valence-electron chi connectivity index (χ3n) is 4.76. The minimum atomic E-state index is -1.00. The molecular formula is C22H18N4O3. The van der Waals surface area contributed by atoms with Gasteiger partial charge in [0.05, 0.1) is 5.56 Å². The molecule has 2 N–H and O–H groups in total.